The normalized spacial score (nSPS) is 16.0. The molecule has 1 saturated heterocycles. The van der Waals surface area contributed by atoms with Crippen molar-refractivity contribution in [3.8, 4) is 11.5 Å². The molecule has 1 unspecified atom stereocenters. The molecule has 1 aromatic heterocycles. The lowest BCUT2D eigenvalue weighted by atomic mass is 10.1. The van der Waals surface area contributed by atoms with E-state index in [1.165, 1.54) is 5.56 Å². The maximum Gasteiger partial charge on any atom is 0.226 e. The molecule has 0 aliphatic carbocycles. The second kappa shape index (κ2) is 9.64. The number of aryl methyl sites for hydroxylation is 2. The molecule has 0 spiro atoms. The Bertz CT molecular complexity index is 1020. The summed E-state index contributed by atoms with van der Waals surface area (Å²) in [6.45, 7) is 3.72. The molecule has 1 fully saturated rings. The van der Waals surface area contributed by atoms with Crippen molar-refractivity contribution in [1.82, 2.24) is 15.0 Å². The highest BCUT2D eigenvalue weighted by molar-refractivity contribution is 5.79. The summed E-state index contributed by atoms with van der Waals surface area (Å²) < 4.78 is 16.2. The van der Waals surface area contributed by atoms with E-state index in [0.717, 1.165) is 23.5 Å². The highest BCUT2D eigenvalue weighted by atomic mass is 16.5. The molecule has 162 valence electrons. The zero-order valence-corrected chi connectivity index (χ0v) is 17.9. The van der Waals surface area contributed by atoms with E-state index in [1.54, 1.807) is 7.11 Å². The molecule has 1 amide bonds. The minimum atomic E-state index is -0.0407. The van der Waals surface area contributed by atoms with Crippen molar-refractivity contribution >= 4 is 5.91 Å². The fraction of sp³-hybridized carbons (Fsp3) is 0.375. The van der Waals surface area contributed by atoms with Crippen LogP contribution in [0.15, 0.2) is 53.1 Å². The van der Waals surface area contributed by atoms with E-state index in [1.807, 2.05) is 60.4 Å². The molecule has 0 radical (unpaired) electrons. The quantitative estimate of drug-likeness (QED) is 0.523. The Morgan fingerprint density at radius 1 is 1.10 bits per heavy atom. The average molecular weight is 421 g/mol. The number of amides is 1. The van der Waals surface area contributed by atoms with Gasteiger partial charge in [-0.25, -0.2) is 0 Å². The Hall–Kier alpha value is -3.35. The summed E-state index contributed by atoms with van der Waals surface area (Å²) in [4.78, 5) is 18.9. The van der Waals surface area contributed by atoms with E-state index in [-0.39, 0.29) is 11.8 Å². The largest absolute Gasteiger partial charge is 0.497 e. The number of hydrogen-bond acceptors (Lipinski definition) is 6. The number of aromatic nitrogens is 2. The van der Waals surface area contributed by atoms with Crippen LogP contribution in [0.25, 0.3) is 0 Å². The monoisotopic (exact) mass is 421 g/mol. The number of carbonyl (C=O) groups is 1. The molecule has 7 heteroatoms. The molecule has 1 aliphatic rings. The topological polar surface area (TPSA) is 77.7 Å². The number of carbonyl (C=O) groups excluding carboxylic acids is 1. The van der Waals surface area contributed by atoms with Gasteiger partial charge in [-0.1, -0.05) is 29.4 Å². The number of ether oxygens (including phenoxy) is 2. The molecule has 3 aromatic rings. The van der Waals surface area contributed by atoms with Gasteiger partial charge >= 0.3 is 0 Å². The van der Waals surface area contributed by atoms with E-state index in [2.05, 4.69) is 10.1 Å². The molecule has 31 heavy (non-hydrogen) atoms. The molecule has 4 rings (SSSR count). The molecule has 1 atom stereocenters. The molecule has 2 heterocycles. The van der Waals surface area contributed by atoms with Crippen LogP contribution in [-0.4, -0.2) is 41.2 Å². The maximum atomic E-state index is 12.5. The van der Waals surface area contributed by atoms with Crippen LogP contribution in [-0.2, 0) is 24.2 Å². The van der Waals surface area contributed by atoms with E-state index >= 15 is 0 Å². The van der Waals surface area contributed by atoms with E-state index in [0.29, 0.717) is 44.3 Å². The first-order valence-corrected chi connectivity index (χ1v) is 10.6. The minimum absolute atomic E-state index is 0.0407. The molecule has 1 aliphatic heterocycles. The zero-order chi connectivity index (χ0) is 21.6. The van der Waals surface area contributed by atoms with Crippen molar-refractivity contribution in [2.75, 3.05) is 20.3 Å². The molecule has 7 nitrogen and oxygen atoms in total. The van der Waals surface area contributed by atoms with Gasteiger partial charge in [0.25, 0.3) is 0 Å². The number of methoxy groups -OCH3 is 1. The molecule has 0 saturated carbocycles. The van der Waals surface area contributed by atoms with Gasteiger partial charge in [0.15, 0.2) is 5.82 Å². The van der Waals surface area contributed by atoms with Crippen molar-refractivity contribution in [2.24, 2.45) is 0 Å². The second-order valence-electron chi connectivity index (χ2n) is 7.65. The summed E-state index contributed by atoms with van der Waals surface area (Å²) in [7, 11) is 1.65. The van der Waals surface area contributed by atoms with Crippen LogP contribution in [0.3, 0.4) is 0 Å². The Morgan fingerprint density at radius 2 is 1.94 bits per heavy atom. The fourth-order valence-corrected chi connectivity index (χ4v) is 3.80. The SMILES string of the molecule is CCOc1cccc(CN2CC(c3noc(CCc4ccc(OC)cc4)n3)CC2=O)c1. The standard InChI is InChI=1S/C24H27N3O4/c1-3-30-21-6-4-5-18(13-21)15-27-16-19(14-23(27)28)24-25-22(31-26-24)12-9-17-7-10-20(29-2)11-8-17/h4-8,10-11,13,19H,3,9,12,14-16H2,1-2H3. The number of likely N-dealkylation sites (tertiary alicyclic amines) is 1. The summed E-state index contributed by atoms with van der Waals surface area (Å²) in [6.07, 6.45) is 1.87. The lowest BCUT2D eigenvalue weighted by Gasteiger charge is -2.16. The first-order chi connectivity index (χ1) is 15.1. The average Bonchev–Trinajstić information content (AvgIpc) is 3.40. The molecule has 0 bridgehead atoms. The molecule has 0 N–H and O–H groups in total. The third-order valence-electron chi connectivity index (χ3n) is 5.43. The van der Waals surface area contributed by atoms with Crippen molar-refractivity contribution in [3.63, 3.8) is 0 Å². The number of benzene rings is 2. The van der Waals surface area contributed by atoms with Crippen LogP contribution in [0, 0.1) is 0 Å². The summed E-state index contributed by atoms with van der Waals surface area (Å²) in [5.74, 6) is 2.94. The predicted molar refractivity (Wildman–Crippen MR) is 115 cm³/mol. The van der Waals surface area contributed by atoms with Crippen molar-refractivity contribution in [1.29, 1.82) is 0 Å². The molecular weight excluding hydrogens is 394 g/mol. The van der Waals surface area contributed by atoms with Crippen molar-refractivity contribution in [3.05, 3.63) is 71.4 Å². The smallest absolute Gasteiger partial charge is 0.226 e. The summed E-state index contributed by atoms with van der Waals surface area (Å²) >= 11 is 0. The Morgan fingerprint density at radius 3 is 2.71 bits per heavy atom. The first kappa shape index (κ1) is 20.9. The third-order valence-corrected chi connectivity index (χ3v) is 5.43. The van der Waals surface area contributed by atoms with Gasteiger partial charge in [-0.05, 0) is 48.7 Å². The number of nitrogens with zero attached hydrogens (tertiary/aromatic N) is 3. The molecule has 2 aromatic carbocycles. The van der Waals surface area contributed by atoms with Crippen LogP contribution in [0.4, 0.5) is 0 Å². The van der Waals surface area contributed by atoms with Gasteiger partial charge < -0.3 is 18.9 Å². The Balaban J connectivity index is 1.33. The van der Waals surface area contributed by atoms with Gasteiger partial charge in [0.1, 0.15) is 11.5 Å². The van der Waals surface area contributed by atoms with Crippen molar-refractivity contribution in [2.45, 2.75) is 38.6 Å². The third kappa shape index (κ3) is 5.23. The lowest BCUT2D eigenvalue weighted by molar-refractivity contribution is -0.128. The Kier molecular flexibility index (Phi) is 6.50. The maximum absolute atomic E-state index is 12.5. The fourth-order valence-electron chi connectivity index (χ4n) is 3.80. The van der Waals surface area contributed by atoms with Crippen LogP contribution in [0.5, 0.6) is 11.5 Å². The van der Waals surface area contributed by atoms with Gasteiger partial charge in [-0.2, -0.15) is 4.98 Å². The Labute approximate surface area is 182 Å². The summed E-state index contributed by atoms with van der Waals surface area (Å²) in [6, 6.07) is 15.8. The summed E-state index contributed by atoms with van der Waals surface area (Å²) in [5, 5.41) is 4.15. The van der Waals surface area contributed by atoms with Crippen LogP contribution in [0.1, 0.15) is 42.1 Å². The van der Waals surface area contributed by atoms with Crippen LogP contribution < -0.4 is 9.47 Å². The number of hydrogen-bond donors (Lipinski definition) is 0. The van der Waals surface area contributed by atoms with E-state index in [9.17, 15) is 4.79 Å². The predicted octanol–water partition coefficient (Wildman–Crippen LogP) is 3.78. The van der Waals surface area contributed by atoms with Crippen LogP contribution >= 0.6 is 0 Å². The van der Waals surface area contributed by atoms with Crippen LogP contribution in [0.2, 0.25) is 0 Å². The first-order valence-electron chi connectivity index (χ1n) is 10.6. The van der Waals surface area contributed by atoms with Gasteiger partial charge in [0, 0.05) is 31.8 Å². The van der Waals surface area contributed by atoms with Gasteiger partial charge in [-0.15, -0.1) is 0 Å². The highest BCUT2D eigenvalue weighted by Crippen LogP contribution is 2.28. The minimum Gasteiger partial charge on any atom is -0.497 e. The summed E-state index contributed by atoms with van der Waals surface area (Å²) in [5.41, 5.74) is 2.23. The van der Waals surface area contributed by atoms with E-state index < -0.39 is 0 Å². The van der Waals surface area contributed by atoms with E-state index in [4.69, 9.17) is 14.0 Å². The number of rotatable bonds is 9. The van der Waals surface area contributed by atoms with Gasteiger partial charge in [0.2, 0.25) is 11.8 Å². The second-order valence-corrected chi connectivity index (χ2v) is 7.65. The van der Waals surface area contributed by atoms with Crippen molar-refractivity contribution < 1.29 is 18.8 Å². The molecular formula is C24H27N3O4. The van der Waals surface area contributed by atoms with Gasteiger partial charge in [-0.3, -0.25) is 4.79 Å². The highest BCUT2D eigenvalue weighted by Gasteiger charge is 2.33. The lowest BCUT2D eigenvalue weighted by Crippen LogP contribution is -2.24. The van der Waals surface area contributed by atoms with Gasteiger partial charge in [0.05, 0.1) is 13.7 Å². The zero-order valence-electron chi connectivity index (χ0n) is 17.9.